The van der Waals surface area contributed by atoms with Crippen molar-refractivity contribution in [1.29, 1.82) is 0 Å². The molecule has 0 bridgehead atoms. The van der Waals surface area contributed by atoms with Crippen LogP contribution >= 0.6 is 0 Å². The quantitative estimate of drug-likeness (QED) is 0.909. The molecular formula is C13H22N4O2. The molecule has 19 heavy (non-hydrogen) atoms. The zero-order chi connectivity index (χ0) is 13.8. The molecule has 1 saturated heterocycles. The van der Waals surface area contributed by atoms with E-state index in [1.807, 2.05) is 29.6 Å². The van der Waals surface area contributed by atoms with Crippen LogP contribution in [0.25, 0.3) is 0 Å². The number of aryl methyl sites for hydroxylation is 1. The molecule has 2 amide bonds. The lowest BCUT2D eigenvalue weighted by molar-refractivity contribution is -0.0355. The van der Waals surface area contributed by atoms with E-state index in [4.69, 9.17) is 4.74 Å². The Hall–Kier alpha value is -1.56. The van der Waals surface area contributed by atoms with Crippen LogP contribution in [0.1, 0.15) is 27.2 Å². The van der Waals surface area contributed by atoms with Crippen molar-refractivity contribution in [1.82, 2.24) is 14.7 Å². The number of anilines is 1. The monoisotopic (exact) mass is 266 g/mol. The lowest BCUT2D eigenvalue weighted by Gasteiger charge is -2.37. The molecule has 1 aromatic heterocycles. The Morgan fingerprint density at radius 3 is 3.11 bits per heavy atom. The number of rotatable bonds is 3. The molecule has 6 heteroatoms. The van der Waals surface area contributed by atoms with Crippen LogP contribution in [0.5, 0.6) is 0 Å². The third kappa shape index (κ3) is 3.26. The number of carbonyl (C=O) groups is 1. The minimum atomic E-state index is -0.0845. The summed E-state index contributed by atoms with van der Waals surface area (Å²) in [6, 6.07) is -0.00173. The van der Waals surface area contributed by atoms with E-state index in [1.165, 1.54) is 0 Å². The van der Waals surface area contributed by atoms with E-state index >= 15 is 0 Å². The first-order valence-corrected chi connectivity index (χ1v) is 6.83. The van der Waals surface area contributed by atoms with Crippen molar-refractivity contribution >= 4 is 11.7 Å². The SMILES string of the molecule is CCCn1cc(NC(=O)N2CCO[C@@H](C)[C@H]2C)cn1. The summed E-state index contributed by atoms with van der Waals surface area (Å²) >= 11 is 0. The number of ether oxygens (including phenoxy) is 1. The highest BCUT2D eigenvalue weighted by Gasteiger charge is 2.29. The Balaban J connectivity index is 1.95. The van der Waals surface area contributed by atoms with Gasteiger partial charge in [0.2, 0.25) is 0 Å². The van der Waals surface area contributed by atoms with E-state index in [2.05, 4.69) is 17.3 Å². The molecule has 1 aliphatic heterocycles. The van der Waals surface area contributed by atoms with Gasteiger partial charge in [0.25, 0.3) is 0 Å². The van der Waals surface area contributed by atoms with Gasteiger partial charge in [-0.2, -0.15) is 5.10 Å². The molecule has 0 spiro atoms. The highest BCUT2D eigenvalue weighted by atomic mass is 16.5. The predicted octanol–water partition coefficient (Wildman–Crippen LogP) is 1.93. The smallest absolute Gasteiger partial charge is 0.322 e. The van der Waals surface area contributed by atoms with Gasteiger partial charge in [-0.25, -0.2) is 4.79 Å². The second-order valence-corrected chi connectivity index (χ2v) is 4.93. The van der Waals surface area contributed by atoms with E-state index in [0.717, 1.165) is 18.7 Å². The Labute approximate surface area is 113 Å². The molecule has 0 radical (unpaired) electrons. The third-order valence-electron chi connectivity index (χ3n) is 3.48. The molecule has 2 atom stereocenters. The lowest BCUT2D eigenvalue weighted by Crippen LogP contribution is -2.52. The van der Waals surface area contributed by atoms with E-state index in [-0.39, 0.29) is 18.2 Å². The number of amides is 2. The largest absolute Gasteiger partial charge is 0.375 e. The number of aromatic nitrogens is 2. The third-order valence-corrected chi connectivity index (χ3v) is 3.48. The first-order valence-electron chi connectivity index (χ1n) is 6.83. The predicted molar refractivity (Wildman–Crippen MR) is 73.1 cm³/mol. The standard InChI is InChI=1S/C13H22N4O2/c1-4-5-16-9-12(8-14-16)15-13(18)17-6-7-19-11(3)10(17)2/h8-11H,4-7H2,1-3H3,(H,15,18)/t10-,11+/m1/s1. The van der Waals surface area contributed by atoms with Crippen LogP contribution in [0.4, 0.5) is 10.5 Å². The Morgan fingerprint density at radius 1 is 1.58 bits per heavy atom. The number of hydrogen-bond donors (Lipinski definition) is 1. The number of morpholine rings is 1. The highest BCUT2D eigenvalue weighted by Crippen LogP contribution is 2.15. The van der Waals surface area contributed by atoms with Gasteiger partial charge in [0.05, 0.1) is 30.6 Å². The van der Waals surface area contributed by atoms with Gasteiger partial charge in [-0.1, -0.05) is 6.92 Å². The van der Waals surface area contributed by atoms with Gasteiger partial charge in [0.15, 0.2) is 0 Å². The number of carbonyl (C=O) groups excluding carboxylic acids is 1. The summed E-state index contributed by atoms with van der Waals surface area (Å²) in [7, 11) is 0. The number of nitrogens with zero attached hydrogens (tertiary/aromatic N) is 3. The molecular weight excluding hydrogens is 244 g/mol. The van der Waals surface area contributed by atoms with Crippen LogP contribution in [0, 0.1) is 0 Å². The maximum absolute atomic E-state index is 12.2. The summed E-state index contributed by atoms with van der Waals surface area (Å²) in [5.41, 5.74) is 0.741. The summed E-state index contributed by atoms with van der Waals surface area (Å²) in [6.45, 7) is 8.17. The summed E-state index contributed by atoms with van der Waals surface area (Å²) in [4.78, 5) is 14.0. The van der Waals surface area contributed by atoms with Crippen molar-refractivity contribution < 1.29 is 9.53 Å². The molecule has 106 valence electrons. The molecule has 0 aromatic carbocycles. The summed E-state index contributed by atoms with van der Waals surface area (Å²) in [6.07, 6.45) is 4.63. The zero-order valence-electron chi connectivity index (χ0n) is 11.8. The van der Waals surface area contributed by atoms with Gasteiger partial charge >= 0.3 is 6.03 Å². The molecule has 0 saturated carbocycles. The molecule has 2 rings (SSSR count). The minimum Gasteiger partial charge on any atom is -0.375 e. The summed E-state index contributed by atoms with van der Waals surface area (Å²) < 4.78 is 7.35. The topological polar surface area (TPSA) is 59.4 Å². The number of hydrogen-bond acceptors (Lipinski definition) is 3. The first-order chi connectivity index (χ1) is 9.11. The molecule has 6 nitrogen and oxygen atoms in total. The first kappa shape index (κ1) is 13.9. The Kier molecular flexibility index (Phi) is 4.42. The number of urea groups is 1. The average Bonchev–Trinajstić information content (AvgIpc) is 2.80. The molecule has 1 N–H and O–H groups in total. The summed E-state index contributed by atoms with van der Waals surface area (Å²) in [5, 5.41) is 7.09. The maximum atomic E-state index is 12.2. The van der Waals surface area contributed by atoms with Crippen LogP contribution < -0.4 is 5.32 Å². The fourth-order valence-electron chi connectivity index (χ4n) is 2.19. The van der Waals surface area contributed by atoms with Crippen molar-refractivity contribution in [2.24, 2.45) is 0 Å². The van der Waals surface area contributed by atoms with Crippen LogP contribution in [0.2, 0.25) is 0 Å². The number of nitrogens with one attached hydrogen (secondary N) is 1. The van der Waals surface area contributed by atoms with Gasteiger partial charge < -0.3 is 15.0 Å². The molecule has 0 unspecified atom stereocenters. The molecule has 1 aromatic rings. The van der Waals surface area contributed by atoms with E-state index in [9.17, 15) is 4.79 Å². The van der Waals surface area contributed by atoms with E-state index < -0.39 is 0 Å². The van der Waals surface area contributed by atoms with Gasteiger partial charge in [0, 0.05) is 19.3 Å². The maximum Gasteiger partial charge on any atom is 0.322 e. The van der Waals surface area contributed by atoms with E-state index in [1.54, 1.807) is 6.20 Å². The minimum absolute atomic E-state index is 0.0716. The Bertz CT molecular complexity index is 432. The summed E-state index contributed by atoms with van der Waals surface area (Å²) in [5.74, 6) is 0. The van der Waals surface area contributed by atoms with Crippen LogP contribution in [-0.4, -0.2) is 46.0 Å². The van der Waals surface area contributed by atoms with E-state index in [0.29, 0.717) is 13.2 Å². The molecule has 1 fully saturated rings. The normalized spacial score (nSPS) is 23.4. The van der Waals surface area contributed by atoms with Crippen molar-refractivity contribution in [2.75, 3.05) is 18.5 Å². The Morgan fingerprint density at radius 2 is 2.37 bits per heavy atom. The van der Waals surface area contributed by atoms with Crippen LogP contribution in [-0.2, 0) is 11.3 Å². The molecule has 1 aliphatic rings. The van der Waals surface area contributed by atoms with Gasteiger partial charge in [0.1, 0.15) is 0 Å². The van der Waals surface area contributed by atoms with Crippen molar-refractivity contribution in [2.45, 2.75) is 45.9 Å². The van der Waals surface area contributed by atoms with Gasteiger partial charge in [-0.3, -0.25) is 4.68 Å². The fraction of sp³-hybridized carbons (Fsp3) is 0.692. The van der Waals surface area contributed by atoms with Crippen molar-refractivity contribution in [3.63, 3.8) is 0 Å². The zero-order valence-corrected chi connectivity index (χ0v) is 11.8. The second-order valence-electron chi connectivity index (χ2n) is 4.93. The van der Waals surface area contributed by atoms with Crippen LogP contribution in [0.3, 0.4) is 0 Å². The van der Waals surface area contributed by atoms with Gasteiger partial charge in [-0.05, 0) is 20.3 Å². The van der Waals surface area contributed by atoms with Crippen molar-refractivity contribution in [3.05, 3.63) is 12.4 Å². The van der Waals surface area contributed by atoms with Gasteiger partial charge in [-0.15, -0.1) is 0 Å². The fourth-order valence-corrected chi connectivity index (χ4v) is 2.19. The highest BCUT2D eigenvalue weighted by molar-refractivity contribution is 5.89. The average molecular weight is 266 g/mol. The second kappa shape index (κ2) is 6.06. The van der Waals surface area contributed by atoms with Crippen molar-refractivity contribution in [3.8, 4) is 0 Å². The lowest BCUT2D eigenvalue weighted by atomic mass is 10.1. The molecule has 2 heterocycles. The van der Waals surface area contributed by atoms with Crippen LogP contribution in [0.15, 0.2) is 12.4 Å². The molecule has 0 aliphatic carbocycles.